The molecular weight excluding hydrogens is 202 g/mol. The van der Waals surface area contributed by atoms with Gasteiger partial charge < -0.3 is 10.0 Å². The van der Waals surface area contributed by atoms with Crippen molar-refractivity contribution in [2.24, 2.45) is 5.92 Å². The van der Waals surface area contributed by atoms with Crippen LogP contribution >= 0.6 is 0 Å². The molecule has 1 unspecified atom stereocenters. The molecule has 0 bridgehead atoms. The highest BCUT2D eigenvalue weighted by Crippen LogP contribution is 2.20. The molecule has 0 spiro atoms. The summed E-state index contributed by atoms with van der Waals surface area (Å²) >= 11 is 0. The van der Waals surface area contributed by atoms with Crippen LogP contribution in [0.1, 0.15) is 19.8 Å². The molecule has 1 aromatic rings. The summed E-state index contributed by atoms with van der Waals surface area (Å²) in [5, 5.41) is 13.7. The quantitative estimate of drug-likeness (QED) is 0.827. The Morgan fingerprint density at radius 2 is 2.12 bits per heavy atom. The minimum Gasteiger partial charge on any atom is -0.393 e. The summed E-state index contributed by atoms with van der Waals surface area (Å²) in [6.07, 6.45) is 5.92. The van der Waals surface area contributed by atoms with Crippen LogP contribution in [-0.2, 0) is 6.54 Å². The van der Waals surface area contributed by atoms with Gasteiger partial charge in [0.1, 0.15) is 0 Å². The molecule has 4 heteroatoms. The fourth-order valence-electron chi connectivity index (χ4n) is 2.34. The SMILES string of the molecule is CC(O)C1CCN(CCn2cccn2)CC1. The van der Waals surface area contributed by atoms with Crippen molar-refractivity contribution in [2.45, 2.75) is 32.4 Å². The monoisotopic (exact) mass is 223 g/mol. The van der Waals surface area contributed by atoms with E-state index in [9.17, 15) is 5.11 Å². The van der Waals surface area contributed by atoms with Gasteiger partial charge in [-0.05, 0) is 44.8 Å². The van der Waals surface area contributed by atoms with Gasteiger partial charge in [0.15, 0.2) is 0 Å². The smallest absolute Gasteiger partial charge is 0.0541 e. The van der Waals surface area contributed by atoms with Crippen LogP contribution in [0.5, 0.6) is 0 Å². The number of hydrogen-bond acceptors (Lipinski definition) is 3. The molecule has 1 fully saturated rings. The molecule has 1 N–H and O–H groups in total. The van der Waals surface area contributed by atoms with E-state index < -0.39 is 0 Å². The van der Waals surface area contributed by atoms with Crippen LogP contribution in [-0.4, -0.2) is 45.5 Å². The van der Waals surface area contributed by atoms with E-state index >= 15 is 0 Å². The van der Waals surface area contributed by atoms with Crippen LogP contribution in [0.25, 0.3) is 0 Å². The maximum Gasteiger partial charge on any atom is 0.0541 e. The van der Waals surface area contributed by atoms with Crippen molar-refractivity contribution in [1.29, 1.82) is 0 Å². The number of aromatic nitrogens is 2. The Morgan fingerprint density at radius 1 is 1.38 bits per heavy atom. The number of rotatable bonds is 4. The van der Waals surface area contributed by atoms with Crippen LogP contribution < -0.4 is 0 Å². The van der Waals surface area contributed by atoms with Gasteiger partial charge in [-0.2, -0.15) is 5.10 Å². The van der Waals surface area contributed by atoms with Crippen LogP contribution in [0.2, 0.25) is 0 Å². The highest BCUT2D eigenvalue weighted by Gasteiger charge is 2.22. The first-order valence-electron chi connectivity index (χ1n) is 6.13. The molecule has 1 aliphatic rings. The Morgan fingerprint density at radius 3 is 2.69 bits per heavy atom. The summed E-state index contributed by atoms with van der Waals surface area (Å²) in [5.74, 6) is 0.501. The lowest BCUT2D eigenvalue weighted by Gasteiger charge is -2.33. The minimum absolute atomic E-state index is 0.145. The topological polar surface area (TPSA) is 41.3 Å². The Balaban J connectivity index is 1.69. The van der Waals surface area contributed by atoms with Crippen molar-refractivity contribution in [1.82, 2.24) is 14.7 Å². The van der Waals surface area contributed by atoms with Crippen molar-refractivity contribution in [3.05, 3.63) is 18.5 Å². The second kappa shape index (κ2) is 5.46. The first-order chi connectivity index (χ1) is 7.75. The lowest BCUT2D eigenvalue weighted by atomic mass is 9.92. The predicted octanol–water partition coefficient (Wildman–Crippen LogP) is 0.976. The maximum absolute atomic E-state index is 9.51. The van der Waals surface area contributed by atoms with Gasteiger partial charge in [-0.1, -0.05) is 0 Å². The molecule has 16 heavy (non-hydrogen) atoms. The molecule has 2 heterocycles. The van der Waals surface area contributed by atoms with E-state index in [1.54, 1.807) is 0 Å². The normalized spacial score (nSPS) is 21.1. The Labute approximate surface area is 96.9 Å². The van der Waals surface area contributed by atoms with E-state index in [1.807, 2.05) is 30.1 Å². The minimum atomic E-state index is -0.145. The molecule has 0 saturated carbocycles. The van der Waals surface area contributed by atoms with Crippen molar-refractivity contribution < 1.29 is 5.11 Å². The Bertz CT molecular complexity index is 289. The number of likely N-dealkylation sites (tertiary alicyclic amines) is 1. The molecule has 4 nitrogen and oxygen atoms in total. The van der Waals surface area contributed by atoms with Crippen molar-refractivity contribution >= 4 is 0 Å². The van der Waals surface area contributed by atoms with E-state index in [2.05, 4.69) is 10.00 Å². The first kappa shape index (κ1) is 11.6. The third kappa shape index (κ3) is 3.06. The summed E-state index contributed by atoms with van der Waals surface area (Å²) in [5.41, 5.74) is 0. The number of piperidine rings is 1. The second-order valence-electron chi connectivity index (χ2n) is 4.69. The summed E-state index contributed by atoms with van der Waals surface area (Å²) in [6.45, 7) is 6.15. The number of nitrogens with zero attached hydrogens (tertiary/aromatic N) is 3. The van der Waals surface area contributed by atoms with E-state index in [0.29, 0.717) is 5.92 Å². The molecule has 1 saturated heterocycles. The zero-order chi connectivity index (χ0) is 11.4. The predicted molar refractivity (Wildman–Crippen MR) is 63.1 cm³/mol. The number of aliphatic hydroxyl groups is 1. The van der Waals surface area contributed by atoms with Crippen LogP contribution in [0.3, 0.4) is 0 Å². The van der Waals surface area contributed by atoms with E-state index in [0.717, 1.165) is 39.0 Å². The summed E-state index contributed by atoms with van der Waals surface area (Å²) in [7, 11) is 0. The van der Waals surface area contributed by atoms with Gasteiger partial charge >= 0.3 is 0 Å². The van der Waals surface area contributed by atoms with Gasteiger partial charge in [-0.15, -0.1) is 0 Å². The third-order valence-corrected chi connectivity index (χ3v) is 3.52. The van der Waals surface area contributed by atoms with Crippen molar-refractivity contribution in [2.75, 3.05) is 19.6 Å². The summed E-state index contributed by atoms with van der Waals surface area (Å²) in [4.78, 5) is 2.46. The highest BCUT2D eigenvalue weighted by atomic mass is 16.3. The van der Waals surface area contributed by atoms with Gasteiger partial charge in [0, 0.05) is 18.9 Å². The molecule has 0 aliphatic carbocycles. The molecule has 0 radical (unpaired) electrons. The molecule has 1 aliphatic heterocycles. The van der Waals surface area contributed by atoms with Gasteiger partial charge in [0.25, 0.3) is 0 Å². The lowest BCUT2D eigenvalue weighted by Crippen LogP contribution is -2.38. The largest absolute Gasteiger partial charge is 0.393 e. The van der Waals surface area contributed by atoms with Gasteiger partial charge in [0.05, 0.1) is 12.6 Å². The van der Waals surface area contributed by atoms with Crippen molar-refractivity contribution in [3.8, 4) is 0 Å². The molecule has 0 amide bonds. The highest BCUT2D eigenvalue weighted by molar-refractivity contribution is 4.79. The average Bonchev–Trinajstić information content (AvgIpc) is 2.80. The molecule has 1 aromatic heterocycles. The van der Waals surface area contributed by atoms with E-state index in [1.165, 1.54) is 0 Å². The number of aliphatic hydroxyl groups excluding tert-OH is 1. The van der Waals surface area contributed by atoms with E-state index in [-0.39, 0.29) is 6.10 Å². The fraction of sp³-hybridized carbons (Fsp3) is 0.750. The number of hydrogen-bond donors (Lipinski definition) is 1. The molecular formula is C12H21N3O. The molecule has 2 rings (SSSR count). The van der Waals surface area contributed by atoms with Crippen LogP contribution in [0.4, 0.5) is 0 Å². The lowest BCUT2D eigenvalue weighted by molar-refractivity contribution is 0.0705. The van der Waals surface area contributed by atoms with Crippen LogP contribution in [0, 0.1) is 5.92 Å². The molecule has 90 valence electrons. The van der Waals surface area contributed by atoms with Gasteiger partial charge in [-0.25, -0.2) is 0 Å². The van der Waals surface area contributed by atoms with Crippen molar-refractivity contribution in [3.63, 3.8) is 0 Å². The zero-order valence-corrected chi connectivity index (χ0v) is 9.92. The maximum atomic E-state index is 9.51. The fourth-order valence-corrected chi connectivity index (χ4v) is 2.34. The molecule has 0 aromatic carbocycles. The molecule has 1 atom stereocenters. The Kier molecular flexibility index (Phi) is 3.96. The average molecular weight is 223 g/mol. The van der Waals surface area contributed by atoms with Crippen LogP contribution in [0.15, 0.2) is 18.5 Å². The Hall–Kier alpha value is -0.870. The standard InChI is InChI=1S/C12H21N3O/c1-11(16)12-3-7-14(8-4-12)9-10-15-6-2-5-13-15/h2,5-6,11-12,16H,3-4,7-10H2,1H3. The zero-order valence-electron chi connectivity index (χ0n) is 9.92. The van der Waals surface area contributed by atoms with Gasteiger partial charge in [0.2, 0.25) is 0 Å². The van der Waals surface area contributed by atoms with E-state index in [4.69, 9.17) is 0 Å². The summed E-state index contributed by atoms with van der Waals surface area (Å²) < 4.78 is 1.97. The first-order valence-corrected chi connectivity index (χ1v) is 6.13. The summed E-state index contributed by atoms with van der Waals surface area (Å²) in [6, 6.07) is 1.96. The van der Waals surface area contributed by atoms with Gasteiger partial charge in [-0.3, -0.25) is 4.68 Å². The second-order valence-corrected chi connectivity index (χ2v) is 4.69. The third-order valence-electron chi connectivity index (χ3n) is 3.52.